The molecule has 0 bridgehead atoms. The lowest BCUT2D eigenvalue weighted by Gasteiger charge is -2.33. The summed E-state index contributed by atoms with van der Waals surface area (Å²) in [4.78, 5) is 25.9. The molecule has 1 aromatic carbocycles. The highest BCUT2D eigenvalue weighted by Crippen LogP contribution is 2.23. The molecule has 1 aromatic heterocycles. The largest absolute Gasteiger partial charge is 0.394 e. The van der Waals surface area contributed by atoms with Gasteiger partial charge in [-0.15, -0.1) is 0 Å². The quantitative estimate of drug-likeness (QED) is 0.660. The zero-order valence-electron chi connectivity index (χ0n) is 14.5. The summed E-state index contributed by atoms with van der Waals surface area (Å²) in [5, 5.41) is 19.3. The third-order valence-corrected chi connectivity index (χ3v) is 5.01. The fourth-order valence-electron chi connectivity index (χ4n) is 3.61. The van der Waals surface area contributed by atoms with Crippen LogP contribution >= 0.6 is 0 Å². The van der Waals surface area contributed by atoms with Gasteiger partial charge in [-0.25, -0.2) is 9.07 Å². The first kappa shape index (κ1) is 17.6. The standard InChI is InChI=1S/C18H20FN5O3/c19-13-3-1-2-4-15(13)24-8-11(7-21-24)6-20-12-5-16-17(26)22-14(10-25)18(27)23(16)9-12/h1-4,7-8,12,14,16,20,25H,5-6,9-10H2,(H,22,26)/t12-,14+,16-/m0/s1. The minimum atomic E-state index is -0.855. The van der Waals surface area contributed by atoms with E-state index in [9.17, 15) is 19.1 Å². The van der Waals surface area contributed by atoms with Gasteiger partial charge >= 0.3 is 0 Å². The van der Waals surface area contributed by atoms with E-state index in [0.29, 0.717) is 25.2 Å². The van der Waals surface area contributed by atoms with E-state index in [1.807, 2.05) is 0 Å². The highest BCUT2D eigenvalue weighted by molar-refractivity contribution is 5.97. The lowest BCUT2D eigenvalue weighted by atomic mass is 10.1. The van der Waals surface area contributed by atoms with Crippen LogP contribution in [0.4, 0.5) is 4.39 Å². The summed E-state index contributed by atoms with van der Waals surface area (Å²) in [7, 11) is 0. The number of hydrogen-bond acceptors (Lipinski definition) is 5. The number of aliphatic hydroxyl groups is 1. The second kappa shape index (κ2) is 7.09. The van der Waals surface area contributed by atoms with Crippen LogP contribution in [0.2, 0.25) is 0 Å². The number of carbonyl (C=O) groups excluding carboxylic acids is 2. The first-order valence-electron chi connectivity index (χ1n) is 8.80. The van der Waals surface area contributed by atoms with Crippen LogP contribution < -0.4 is 10.6 Å². The van der Waals surface area contributed by atoms with Crippen molar-refractivity contribution < 1.29 is 19.1 Å². The molecule has 0 saturated carbocycles. The van der Waals surface area contributed by atoms with E-state index < -0.39 is 18.7 Å². The molecular weight excluding hydrogens is 353 g/mol. The Morgan fingerprint density at radius 1 is 1.33 bits per heavy atom. The number of para-hydroxylation sites is 1. The molecule has 0 spiro atoms. The third-order valence-electron chi connectivity index (χ3n) is 5.01. The summed E-state index contributed by atoms with van der Waals surface area (Å²) >= 11 is 0. The fraction of sp³-hybridized carbons (Fsp3) is 0.389. The van der Waals surface area contributed by atoms with E-state index in [1.165, 1.54) is 15.6 Å². The third kappa shape index (κ3) is 3.31. The van der Waals surface area contributed by atoms with Gasteiger partial charge in [0.15, 0.2) is 0 Å². The highest BCUT2D eigenvalue weighted by atomic mass is 19.1. The van der Waals surface area contributed by atoms with Gasteiger partial charge in [0, 0.05) is 30.9 Å². The van der Waals surface area contributed by atoms with Gasteiger partial charge in [-0.05, 0) is 18.6 Å². The van der Waals surface area contributed by atoms with Crippen molar-refractivity contribution in [2.24, 2.45) is 0 Å². The number of amides is 2. The summed E-state index contributed by atoms with van der Waals surface area (Å²) in [6.45, 7) is 0.495. The lowest BCUT2D eigenvalue weighted by molar-refractivity contribution is -0.148. The number of carbonyl (C=O) groups is 2. The molecule has 0 aliphatic carbocycles. The normalized spacial score (nSPS) is 24.8. The Morgan fingerprint density at radius 2 is 2.15 bits per heavy atom. The van der Waals surface area contributed by atoms with Gasteiger partial charge < -0.3 is 20.6 Å². The molecule has 3 heterocycles. The lowest BCUT2D eigenvalue weighted by Crippen LogP contribution is -2.62. The van der Waals surface area contributed by atoms with E-state index in [-0.39, 0.29) is 23.7 Å². The summed E-state index contributed by atoms with van der Waals surface area (Å²) in [6, 6.07) is 5.00. The molecule has 2 aliphatic heterocycles. The van der Waals surface area contributed by atoms with Crippen LogP contribution in [0.5, 0.6) is 0 Å². The monoisotopic (exact) mass is 373 g/mol. The summed E-state index contributed by atoms with van der Waals surface area (Å²) < 4.78 is 15.3. The number of hydrogen-bond donors (Lipinski definition) is 3. The van der Waals surface area contributed by atoms with Gasteiger partial charge in [-0.1, -0.05) is 12.1 Å². The van der Waals surface area contributed by atoms with Crippen molar-refractivity contribution >= 4 is 11.8 Å². The maximum absolute atomic E-state index is 13.9. The van der Waals surface area contributed by atoms with Crippen molar-refractivity contribution in [1.29, 1.82) is 0 Å². The van der Waals surface area contributed by atoms with Gasteiger partial charge in [0.25, 0.3) is 0 Å². The van der Waals surface area contributed by atoms with Crippen LogP contribution in [0.3, 0.4) is 0 Å². The van der Waals surface area contributed by atoms with Gasteiger partial charge in [-0.2, -0.15) is 5.10 Å². The van der Waals surface area contributed by atoms with Crippen molar-refractivity contribution in [3.8, 4) is 5.69 Å². The molecule has 0 unspecified atom stereocenters. The number of aliphatic hydroxyl groups excluding tert-OH is 1. The van der Waals surface area contributed by atoms with Gasteiger partial charge in [0.05, 0.1) is 12.8 Å². The van der Waals surface area contributed by atoms with Crippen LogP contribution in [0.1, 0.15) is 12.0 Å². The maximum Gasteiger partial charge on any atom is 0.248 e. The zero-order valence-corrected chi connectivity index (χ0v) is 14.5. The number of rotatable bonds is 5. The van der Waals surface area contributed by atoms with E-state index >= 15 is 0 Å². The number of nitrogens with zero attached hydrogens (tertiary/aromatic N) is 3. The van der Waals surface area contributed by atoms with Crippen LogP contribution in [-0.4, -0.2) is 62.9 Å². The topological polar surface area (TPSA) is 99.5 Å². The van der Waals surface area contributed by atoms with Crippen molar-refractivity contribution in [3.63, 3.8) is 0 Å². The molecule has 2 saturated heterocycles. The van der Waals surface area contributed by atoms with Crippen LogP contribution in [0.15, 0.2) is 36.7 Å². The van der Waals surface area contributed by atoms with Gasteiger partial charge in [0.2, 0.25) is 11.8 Å². The molecule has 27 heavy (non-hydrogen) atoms. The Balaban J connectivity index is 1.39. The number of nitrogens with one attached hydrogen (secondary N) is 2. The van der Waals surface area contributed by atoms with Crippen LogP contribution in [-0.2, 0) is 16.1 Å². The van der Waals surface area contributed by atoms with E-state index in [4.69, 9.17) is 0 Å². The van der Waals surface area contributed by atoms with Crippen molar-refractivity contribution in [2.75, 3.05) is 13.2 Å². The molecule has 0 radical (unpaired) electrons. The van der Waals surface area contributed by atoms with E-state index in [0.717, 1.165) is 5.56 Å². The smallest absolute Gasteiger partial charge is 0.248 e. The molecule has 9 heteroatoms. The fourth-order valence-corrected chi connectivity index (χ4v) is 3.61. The average molecular weight is 373 g/mol. The predicted octanol–water partition coefficient (Wildman–Crippen LogP) is -0.439. The first-order chi connectivity index (χ1) is 13.1. The van der Waals surface area contributed by atoms with Gasteiger partial charge in [0.1, 0.15) is 23.6 Å². The number of halogens is 1. The molecule has 2 aliphatic rings. The van der Waals surface area contributed by atoms with Crippen LogP contribution in [0.25, 0.3) is 5.69 Å². The minimum absolute atomic E-state index is 0.0426. The first-order valence-corrected chi connectivity index (χ1v) is 8.80. The predicted molar refractivity (Wildman–Crippen MR) is 93.3 cm³/mol. The Bertz CT molecular complexity index is 870. The Hall–Kier alpha value is -2.78. The molecular formula is C18H20FN5O3. The molecule has 3 N–H and O–H groups in total. The SMILES string of the molecule is O=C1N[C@H](CO)C(=O)N2C[C@@H](NCc3cnn(-c4ccccc4F)c3)C[C@@H]12. The Labute approximate surface area is 155 Å². The molecule has 3 atom stereocenters. The van der Waals surface area contributed by atoms with E-state index in [2.05, 4.69) is 15.7 Å². The van der Waals surface area contributed by atoms with Crippen molar-refractivity contribution in [2.45, 2.75) is 31.1 Å². The number of aromatic nitrogens is 2. The number of benzene rings is 1. The van der Waals surface area contributed by atoms with Gasteiger partial charge in [-0.3, -0.25) is 9.59 Å². The molecule has 142 valence electrons. The zero-order chi connectivity index (χ0) is 19.0. The van der Waals surface area contributed by atoms with Crippen molar-refractivity contribution in [1.82, 2.24) is 25.3 Å². The number of piperazine rings is 1. The highest BCUT2D eigenvalue weighted by Gasteiger charge is 2.46. The number of fused-ring (bicyclic) bond motifs is 1. The molecule has 2 fully saturated rings. The Kier molecular flexibility index (Phi) is 4.63. The molecule has 2 aromatic rings. The van der Waals surface area contributed by atoms with Crippen LogP contribution in [0, 0.1) is 5.82 Å². The Morgan fingerprint density at radius 3 is 2.93 bits per heavy atom. The average Bonchev–Trinajstić information content (AvgIpc) is 3.31. The molecule has 4 rings (SSSR count). The summed E-state index contributed by atoms with van der Waals surface area (Å²) in [5.74, 6) is -0.833. The summed E-state index contributed by atoms with van der Waals surface area (Å²) in [6.07, 6.45) is 3.91. The second-order valence-electron chi connectivity index (χ2n) is 6.81. The molecule has 2 amide bonds. The minimum Gasteiger partial charge on any atom is -0.394 e. The molecule has 8 nitrogen and oxygen atoms in total. The summed E-state index contributed by atoms with van der Waals surface area (Å²) in [5.41, 5.74) is 1.24. The maximum atomic E-state index is 13.9. The van der Waals surface area contributed by atoms with Crippen molar-refractivity contribution in [3.05, 3.63) is 48.0 Å². The van der Waals surface area contributed by atoms with E-state index in [1.54, 1.807) is 30.6 Å². The second-order valence-corrected chi connectivity index (χ2v) is 6.81.